The maximum Gasteiger partial charge on any atom is 0.338 e. The molecule has 2 aliphatic carbocycles. The molecule has 1 N–H and O–H groups in total. The fourth-order valence-corrected chi connectivity index (χ4v) is 4.97. The van der Waals surface area contributed by atoms with Gasteiger partial charge in [-0.1, -0.05) is 23.8 Å². The summed E-state index contributed by atoms with van der Waals surface area (Å²) in [6.07, 6.45) is 4.96. The summed E-state index contributed by atoms with van der Waals surface area (Å²) in [5.74, 6) is -1.79. The minimum absolute atomic E-state index is 0.139. The van der Waals surface area contributed by atoms with Gasteiger partial charge in [0.15, 0.2) is 6.61 Å². The number of ether oxygens (including phenoxy) is 1. The number of nitrogens with zero attached hydrogens (tertiary/aromatic N) is 1. The van der Waals surface area contributed by atoms with Crippen molar-refractivity contribution in [3.63, 3.8) is 0 Å². The molecule has 5 rings (SSSR count). The Hall–Kier alpha value is -3.45. The fraction of sp³-hybridized carbons (Fsp3) is 0.250. The summed E-state index contributed by atoms with van der Waals surface area (Å²) < 4.78 is 5.06. The van der Waals surface area contributed by atoms with Crippen LogP contribution in [0, 0.1) is 23.7 Å². The summed E-state index contributed by atoms with van der Waals surface area (Å²) in [5, 5.41) is 3.15. The molecular formula is C24H19ClN2O5. The lowest BCUT2D eigenvalue weighted by Gasteiger charge is -2.17. The van der Waals surface area contributed by atoms with Crippen molar-refractivity contribution in [1.29, 1.82) is 0 Å². The molecule has 162 valence electrons. The number of amides is 3. The minimum atomic E-state index is -0.680. The van der Waals surface area contributed by atoms with Crippen LogP contribution >= 0.6 is 11.6 Å². The van der Waals surface area contributed by atoms with Crippen molar-refractivity contribution >= 4 is 46.7 Å². The Morgan fingerprint density at radius 2 is 1.53 bits per heavy atom. The molecule has 0 spiro atoms. The van der Waals surface area contributed by atoms with Crippen LogP contribution in [0.1, 0.15) is 16.8 Å². The highest BCUT2D eigenvalue weighted by Gasteiger charge is 2.59. The molecule has 32 heavy (non-hydrogen) atoms. The van der Waals surface area contributed by atoms with E-state index in [0.29, 0.717) is 16.4 Å². The number of fused-ring (bicyclic) bond motifs is 5. The maximum absolute atomic E-state index is 12.9. The number of anilines is 2. The third-order valence-corrected chi connectivity index (χ3v) is 6.55. The lowest BCUT2D eigenvalue weighted by molar-refractivity contribution is -0.123. The number of hydrogen-bond donors (Lipinski definition) is 1. The molecule has 0 aromatic heterocycles. The molecule has 4 atom stereocenters. The second-order valence-corrected chi connectivity index (χ2v) is 8.63. The number of benzene rings is 2. The van der Waals surface area contributed by atoms with Crippen molar-refractivity contribution in [2.45, 2.75) is 6.42 Å². The molecule has 8 heteroatoms. The zero-order chi connectivity index (χ0) is 22.4. The van der Waals surface area contributed by atoms with E-state index < -0.39 is 18.5 Å². The SMILES string of the molecule is O=C(COC(=O)c1ccc(N2C(=O)[C@@H]3[C@@H](C2=O)[C@H]2C=C[C@H]3C2)cc1)Nc1ccc(Cl)cc1. The molecule has 2 fully saturated rings. The molecule has 2 bridgehead atoms. The van der Waals surface area contributed by atoms with Gasteiger partial charge in [-0.15, -0.1) is 0 Å². The summed E-state index contributed by atoms with van der Waals surface area (Å²) in [6.45, 7) is -0.453. The molecule has 1 saturated carbocycles. The van der Waals surface area contributed by atoms with Gasteiger partial charge in [0, 0.05) is 10.7 Å². The lowest BCUT2D eigenvalue weighted by atomic mass is 9.85. The Morgan fingerprint density at radius 3 is 2.12 bits per heavy atom. The van der Waals surface area contributed by atoms with Crippen LogP contribution in [0.5, 0.6) is 0 Å². The van der Waals surface area contributed by atoms with Gasteiger partial charge in [0.25, 0.3) is 5.91 Å². The predicted octanol–water partition coefficient (Wildman–Crippen LogP) is 3.45. The van der Waals surface area contributed by atoms with E-state index in [0.717, 1.165) is 6.42 Å². The summed E-state index contributed by atoms with van der Waals surface area (Å²) in [7, 11) is 0. The number of imide groups is 1. The molecule has 1 saturated heterocycles. The van der Waals surface area contributed by atoms with E-state index in [2.05, 4.69) is 5.32 Å². The van der Waals surface area contributed by atoms with Gasteiger partial charge in [0.1, 0.15) is 0 Å². The fourth-order valence-electron chi connectivity index (χ4n) is 4.85. The van der Waals surface area contributed by atoms with Gasteiger partial charge in [-0.2, -0.15) is 0 Å². The highest BCUT2D eigenvalue weighted by atomic mass is 35.5. The van der Waals surface area contributed by atoms with E-state index in [4.69, 9.17) is 16.3 Å². The first-order valence-electron chi connectivity index (χ1n) is 10.3. The molecule has 0 unspecified atom stereocenters. The van der Waals surface area contributed by atoms with Crippen molar-refractivity contribution in [3.05, 3.63) is 71.3 Å². The lowest BCUT2D eigenvalue weighted by Crippen LogP contribution is -2.32. The van der Waals surface area contributed by atoms with E-state index in [1.807, 2.05) is 12.2 Å². The Bertz CT molecular complexity index is 1110. The Morgan fingerprint density at radius 1 is 0.938 bits per heavy atom. The van der Waals surface area contributed by atoms with Crippen LogP contribution in [0.4, 0.5) is 11.4 Å². The topological polar surface area (TPSA) is 92.8 Å². The zero-order valence-corrected chi connectivity index (χ0v) is 17.6. The number of carbonyl (C=O) groups is 4. The number of rotatable bonds is 5. The van der Waals surface area contributed by atoms with Crippen molar-refractivity contribution in [2.24, 2.45) is 23.7 Å². The van der Waals surface area contributed by atoms with E-state index in [9.17, 15) is 19.2 Å². The van der Waals surface area contributed by atoms with Gasteiger partial charge in [0.05, 0.1) is 23.1 Å². The van der Waals surface area contributed by atoms with Crippen molar-refractivity contribution < 1.29 is 23.9 Å². The first kappa shape index (κ1) is 20.5. The highest BCUT2D eigenvalue weighted by Crippen LogP contribution is 2.53. The van der Waals surface area contributed by atoms with Crippen LogP contribution in [0.15, 0.2) is 60.7 Å². The average molecular weight is 451 g/mol. The molecule has 2 aromatic rings. The standard InChI is InChI=1S/C24H19ClN2O5/c25-16-5-7-17(8-6-16)26-19(28)12-32-24(31)13-3-9-18(10-4-13)27-22(29)20-14-1-2-15(11-14)21(20)23(27)30/h1-10,14-15,20-21H,11-12H2,(H,26,28)/t14-,15-,20-,21-/m0/s1. The van der Waals surface area contributed by atoms with Crippen LogP contribution in [0.3, 0.4) is 0 Å². The number of esters is 1. The summed E-state index contributed by atoms with van der Waals surface area (Å²) >= 11 is 5.80. The summed E-state index contributed by atoms with van der Waals surface area (Å²) in [4.78, 5) is 51.3. The Kier molecular flexibility index (Phi) is 5.06. The second kappa shape index (κ2) is 7.91. The molecule has 1 heterocycles. The molecular weight excluding hydrogens is 432 g/mol. The largest absolute Gasteiger partial charge is 0.452 e. The van der Waals surface area contributed by atoms with Crippen LogP contribution in [-0.2, 0) is 19.1 Å². The highest BCUT2D eigenvalue weighted by molar-refractivity contribution is 6.30. The first-order chi connectivity index (χ1) is 15.4. The zero-order valence-electron chi connectivity index (χ0n) is 16.9. The van der Waals surface area contributed by atoms with Gasteiger partial charge in [-0.05, 0) is 66.8 Å². The number of nitrogens with one attached hydrogen (secondary N) is 1. The van der Waals surface area contributed by atoms with Gasteiger partial charge in [-0.25, -0.2) is 4.79 Å². The first-order valence-corrected chi connectivity index (χ1v) is 10.7. The van der Waals surface area contributed by atoms with Crippen LogP contribution in [-0.4, -0.2) is 30.3 Å². The van der Waals surface area contributed by atoms with E-state index in [1.165, 1.54) is 17.0 Å². The van der Waals surface area contributed by atoms with Crippen LogP contribution in [0.25, 0.3) is 0 Å². The Labute approximate surface area is 189 Å². The summed E-state index contributed by atoms with van der Waals surface area (Å²) in [5.41, 5.74) is 1.19. The number of halogens is 1. The molecule has 0 radical (unpaired) electrons. The smallest absolute Gasteiger partial charge is 0.338 e. The average Bonchev–Trinajstić information content (AvgIpc) is 3.47. The van der Waals surface area contributed by atoms with E-state index in [-0.39, 0.29) is 41.0 Å². The number of hydrogen-bond acceptors (Lipinski definition) is 5. The maximum atomic E-state index is 12.9. The monoisotopic (exact) mass is 450 g/mol. The van der Waals surface area contributed by atoms with Crippen LogP contribution < -0.4 is 10.2 Å². The van der Waals surface area contributed by atoms with Gasteiger partial charge >= 0.3 is 5.97 Å². The van der Waals surface area contributed by atoms with E-state index >= 15 is 0 Å². The third kappa shape index (κ3) is 3.48. The Balaban J connectivity index is 1.20. The quantitative estimate of drug-likeness (QED) is 0.428. The predicted molar refractivity (Wildman–Crippen MR) is 117 cm³/mol. The second-order valence-electron chi connectivity index (χ2n) is 8.19. The van der Waals surface area contributed by atoms with Crippen LogP contribution in [0.2, 0.25) is 5.02 Å². The molecule has 1 aliphatic heterocycles. The van der Waals surface area contributed by atoms with Gasteiger partial charge < -0.3 is 10.1 Å². The van der Waals surface area contributed by atoms with Crippen molar-refractivity contribution in [2.75, 3.05) is 16.8 Å². The van der Waals surface area contributed by atoms with Crippen molar-refractivity contribution in [1.82, 2.24) is 0 Å². The number of allylic oxidation sites excluding steroid dienone is 2. The normalized spacial score (nSPS) is 25.2. The molecule has 2 aromatic carbocycles. The number of carbonyl (C=O) groups excluding carboxylic acids is 4. The molecule has 3 amide bonds. The van der Waals surface area contributed by atoms with E-state index in [1.54, 1.807) is 36.4 Å². The third-order valence-electron chi connectivity index (χ3n) is 6.29. The van der Waals surface area contributed by atoms with Crippen molar-refractivity contribution in [3.8, 4) is 0 Å². The minimum Gasteiger partial charge on any atom is -0.452 e. The van der Waals surface area contributed by atoms with Gasteiger partial charge in [-0.3, -0.25) is 19.3 Å². The summed E-state index contributed by atoms with van der Waals surface area (Å²) in [6, 6.07) is 12.6. The molecule has 7 nitrogen and oxygen atoms in total. The molecule has 3 aliphatic rings. The van der Waals surface area contributed by atoms with Gasteiger partial charge in [0.2, 0.25) is 11.8 Å².